The predicted molar refractivity (Wildman–Crippen MR) is 72.5 cm³/mol. The van der Waals surface area contributed by atoms with Crippen molar-refractivity contribution in [2.45, 2.75) is 20.8 Å². The maximum Gasteiger partial charge on any atom is 0.253 e. The van der Waals surface area contributed by atoms with E-state index in [-0.39, 0.29) is 11.8 Å². The highest BCUT2D eigenvalue weighted by molar-refractivity contribution is 5.98. The van der Waals surface area contributed by atoms with Crippen LogP contribution in [0.25, 0.3) is 0 Å². The van der Waals surface area contributed by atoms with E-state index in [1.54, 1.807) is 38.4 Å². The van der Waals surface area contributed by atoms with Crippen molar-refractivity contribution in [3.05, 3.63) is 29.8 Å². The average Bonchev–Trinajstić information content (AvgIpc) is 2.27. The van der Waals surface area contributed by atoms with Crippen LogP contribution in [0, 0.1) is 5.41 Å². The lowest BCUT2D eigenvalue weighted by molar-refractivity contribution is -0.123. The molecule has 0 heterocycles. The summed E-state index contributed by atoms with van der Waals surface area (Å²) in [4.78, 5) is 25.1. The number of hydrogen-bond acceptors (Lipinski definition) is 2. The highest BCUT2D eigenvalue weighted by Gasteiger charge is 2.21. The molecule has 0 spiro atoms. The Morgan fingerprint density at radius 3 is 2.28 bits per heavy atom. The number of benzene rings is 1. The van der Waals surface area contributed by atoms with Gasteiger partial charge in [0.15, 0.2) is 0 Å². The minimum absolute atomic E-state index is 0.0723. The summed E-state index contributed by atoms with van der Waals surface area (Å²) >= 11 is 0. The molecular formula is C14H20N2O2. The second-order valence-electron chi connectivity index (χ2n) is 5.48. The van der Waals surface area contributed by atoms with Gasteiger partial charge < -0.3 is 10.2 Å². The highest BCUT2D eigenvalue weighted by atomic mass is 16.2. The zero-order valence-electron chi connectivity index (χ0n) is 11.6. The zero-order chi connectivity index (χ0) is 13.9. The molecule has 0 aromatic heterocycles. The van der Waals surface area contributed by atoms with Crippen LogP contribution in [-0.2, 0) is 4.79 Å². The van der Waals surface area contributed by atoms with Gasteiger partial charge in [-0.05, 0) is 18.2 Å². The fraction of sp³-hybridized carbons (Fsp3) is 0.429. The summed E-state index contributed by atoms with van der Waals surface area (Å²) in [5.41, 5.74) is 0.746. The molecule has 2 amide bonds. The van der Waals surface area contributed by atoms with Gasteiger partial charge in [-0.25, -0.2) is 0 Å². The molecule has 0 atom stereocenters. The molecule has 0 bridgehead atoms. The smallest absolute Gasteiger partial charge is 0.253 e. The second kappa shape index (κ2) is 5.21. The number of carbonyl (C=O) groups is 2. The van der Waals surface area contributed by atoms with Gasteiger partial charge in [0.2, 0.25) is 5.91 Å². The van der Waals surface area contributed by atoms with Crippen LogP contribution in [0.15, 0.2) is 24.3 Å². The largest absolute Gasteiger partial charge is 0.345 e. The first-order valence-corrected chi connectivity index (χ1v) is 5.85. The summed E-state index contributed by atoms with van der Waals surface area (Å²) in [5, 5.41) is 2.81. The number of amides is 2. The third kappa shape index (κ3) is 3.58. The number of hydrogen-bond donors (Lipinski definition) is 1. The summed E-state index contributed by atoms with van der Waals surface area (Å²) in [5.74, 6) is -0.154. The topological polar surface area (TPSA) is 49.4 Å². The minimum atomic E-state index is -0.457. The van der Waals surface area contributed by atoms with E-state index in [0.29, 0.717) is 11.3 Å². The Morgan fingerprint density at radius 1 is 1.17 bits per heavy atom. The molecule has 1 aromatic carbocycles. The van der Waals surface area contributed by atoms with Crippen molar-refractivity contribution < 1.29 is 9.59 Å². The molecule has 1 N–H and O–H groups in total. The summed E-state index contributed by atoms with van der Waals surface area (Å²) in [6.45, 7) is 5.53. The molecule has 98 valence electrons. The van der Waals surface area contributed by atoms with Crippen LogP contribution < -0.4 is 5.32 Å². The van der Waals surface area contributed by atoms with Gasteiger partial charge in [0, 0.05) is 30.8 Å². The van der Waals surface area contributed by atoms with Crippen LogP contribution in [0.4, 0.5) is 5.69 Å². The van der Waals surface area contributed by atoms with Crippen molar-refractivity contribution in [1.82, 2.24) is 4.90 Å². The van der Waals surface area contributed by atoms with Crippen LogP contribution in [0.5, 0.6) is 0 Å². The average molecular weight is 248 g/mol. The molecule has 4 nitrogen and oxygen atoms in total. The van der Waals surface area contributed by atoms with Crippen LogP contribution >= 0.6 is 0 Å². The van der Waals surface area contributed by atoms with Gasteiger partial charge in [0.05, 0.1) is 0 Å². The molecule has 0 saturated carbocycles. The Morgan fingerprint density at radius 2 is 1.78 bits per heavy atom. The summed E-state index contributed by atoms with van der Waals surface area (Å²) < 4.78 is 0. The number of carbonyl (C=O) groups excluding carboxylic acids is 2. The van der Waals surface area contributed by atoms with Crippen molar-refractivity contribution in [1.29, 1.82) is 0 Å². The van der Waals surface area contributed by atoms with E-state index in [1.165, 1.54) is 4.90 Å². The summed E-state index contributed by atoms with van der Waals surface area (Å²) in [6.07, 6.45) is 0. The molecule has 0 aliphatic rings. The Hall–Kier alpha value is -1.84. The third-order valence-corrected chi connectivity index (χ3v) is 2.45. The molecule has 0 radical (unpaired) electrons. The van der Waals surface area contributed by atoms with E-state index in [9.17, 15) is 9.59 Å². The SMILES string of the molecule is CN(C)C(=O)c1cccc(NC(=O)C(C)(C)C)c1. The van der Waals surface area contributed by atoms with E-state index in [2.05, 4.69) is 5.32 Å². The lowest BCUT2D eigenvalue weighted by atomic mass is 9.95. The van der Waals surface area contributed by atoms with Gasteiger partial charge in [-0.1, -0.05) is 26.8 Å². The lowest BCUT2D eigenvalue weighted by Crippen LogP contribution is -2.28. The number of rotatable bonds is 2. The van der Waals surface area contributed by atoms with Crippen molar-refractivity contribution in [2.75, 3.05) is 19.4 Å². The number of nitrogens with zero attached hydrogens (tertiary/aromatic N) is 1. The first kappa shape index (κ1) is 14.2. The predicted octanol–water partition coefficient (Wildman–Crippen LogP) is 2.37. The van der Waals surface area contributed by atoms with Gasteiger partial charge in [0.25, 0.3) is 5.91 Å². The van der Waals surface area contributed by atoms with Crippen LogP contribution in [0.3, 0.4) is 0 Å². The van der Waals surface area contributed by atoms with E-state index >= 15 is 0 Å². The Kier molecular flexibility index (Phi) is 4.11. The monoisotopic (exact) mass is 248 g/mol. The standard InChI is InChI=1S/C14H20N2O2/c1-14(2,3)13(18)15-11-8-6-7-10(9-11)12(17)16(4)5/h6-9H,1-5H3,(H,15,18). The first-order chi connectivity index (χ1) is 8.21. The van der Waals surface area contributed by atoms with E-state index < -0.39 is 5.41 Å². The van der Waals surface area contributed by atoms with E-state index in [0.717, 1.165) is 0 Å². The number of nitrogens with one attached hydrogen (secondary N) is 1. The zero-order valence-corrected chi connectivity index (χ0v) is 11.6. The summed E-state index contributed by atoms with van der Waals surface area (Å²) in [7, 11) is 3.39. The van der Waals surface area contributed by atoms with Gasteiger partial charge in [-0.15, -0.1) is 0 Å². The quantitative estimate of drug-likeness (QED) is 0.873. The van der Waals surface area contributed by atoms with Gasteiger partial charge in [0.1, 0.15) is 0 Å². The Balaban J connectivity index is 2.90. The molecule has 0 fully saturated rings. The third-order valence-electron chi connectivity index (χ3n) is 2.45. The lowest BCUT2D eigenvalue weighted by Gasteiger charge is -2.18. The normalized spacial score (nSPS) is 10.9. The Bertz CT molecular complexity index is 459. The highest BCUT2D eigenvalue weighted by Crippen LogP contribution is 2.18. The first-order valence-electron chi connectivity index (χ1n) is 5.85. The molecule has 0 saturated heterocycles. The van der Waals surface area contributed by atoms with Crippen molar-refractivity contribution in [3.8, 4) is 0 Å². The van der Waals surface area contributed by atoms with Crippen LogP contribution in [-0.4, -0.2) is 30.8 Å². The van der Waals surface area contributed by atoms with Gasteiger partial charge in [-0.3, -0.25) is 9.59 Å². The molecule has 0 unspecified atom stereocenters. The molecule has 18 heavy (non-hydrogen) atoms. The second-order valence-corrected chi connectivity index (χ2v) is 5.48. The molecular weight excluding hydrogens is 228 g/mol. The van der Waals surface area contributed by atoms with Crippen molar-refractivity contribution >= 4 is 17.5 Å². The molecule has 4 heteroatoms. The van der Waals surface area contributed by atoms with E-state index in [4.69, 9.17) is 0 Å². The van der Waals surface area contributed by atoms with E-state index in [1.807, 2.05) is 20.8 Å². The van der Waals surface area contributed by atoms with Crippen molar-refractivity contribution in [2.24, 2.45) is 5.41 Å². The fourth-order valence-corrected chi connectivity index (χ4v) is 1.31. The molecule has 1 aromatic rings. The number of anilines is 1. The Labute approximate surface area is 108 Å². The minimum Gasteiger partial charge on any atom is -0.345 e. The fourth-order valence-electron chi connectivity index (χ4n) is 1.31. The molecule has 1 rings (SSSR count). The van der Waals surface area contributed by atoms with Crippen molar-refractivity contribution in [3.63, 3.8) is 0 Å². The molecule has 0 aliphatic heterocycles. The molecule has 0 aliphatic carbocycles. The summed E-state index contributed by atoms with van der Waals surface area (Å²) in [6, 6.07) is 6.95. The van der Waals surface area contributed by atoms with Gasteiger partial charge in [-0.2, -0.15) is 0 Å². The maximum absolute atomic E-state index is 11.8. The van der Waals surface area contributed by atoms with Crippen LogP contribution in [0.1, 0.15) is 31.1 Å². The van der Waals surface area contributed by atoms with Crippen LogP contribution in [0.2, 0.25) is 0 Å². The van der Waals surface area contributed by atoms with Gasteiger partial charge >= 0.3 is 0 Å². The maximum atomic E-state index is 11.8.